The van der Waals surface area contributed by atoms with Gasteiger partial charge in [0.1, 0.15) is 29.5 Å². The monoisotopic (exact) mass is 1180 g/mol. The molecule has 0 aliphatic carbocycles. The van der Waals surface area contributed by atoms with E-state index in [4.69, 9.17) is 10.5 Å². The number of hydrogen-bond acceptors (Lipinski definition) is 15. The summed E-state index contributed by atoms with van der Waals surface area (Å²) in [6, 6.07) is 6.03. The van der Waals surface area contributed by atoms with E-state index in [-0.39, 0.29) is 17.8 Å². The number of nitrogens with two attached hydrogens (primary N) is 1. The van der Waals surface area contributed by atoms with Gasteiger partial charge in [0.15, 0.2) is 0 Å². The third kappa shape index (κ3) is 16.6. The van der Waals surface area contributed by atoms with Crippen molar-refractivity contribution in [3.05, 3.63) is 100 Å². The minimum atomic E-state index is -5.21. The number of alkyl carbamates (subject to hydrolysis) is 2. The molecule has 6 rings (SSSR count). The maximum Gasteiger partial charge on any atom is 0.407 e. The summed E-state index contributed by atoms with van der Waals surface area (Å²) >= 11 is 0. The number of aromatic nitrogens is 1. The average Bonchev–Trinajstić information content (AvgIpc) is 3.37. The lowest BCUT2D eigenvalue weighted by Crippen LogP contribution is -2.63. The van der Waals surface area contributed by atoms with Gasteiger partial charge in [0, 0.05) is 78.6 Å². The van der Waals surface area contributed by atoms with E-state index in [0.717, 1.165) is 71.3 Å². The molecule has 454 valence electrons. The lowest BCUT2D eigenvalue weighted by atomic mass is 9.82. The van der Waals surface area contributed by atoms with Crippen LogP contribution in [0.3, 0.4) is 0 Å². The van der Waals surface area contributed by atoms with Gasteiger partial charge >= 0.3 is 24.5 Å². The van der Waals surface area contributed by atoms with Gasteiger partial charge in [-0.05, 0) is 109 Å². The lowest BCUT2D eigenvalue weighted by Gasteiger charge is -2.47. The minimum Gasteiger partial charge on any atom is -0.453 e. The SMILES string of the molecule is COC(=O)N[C@H](C(=O)N[C@@H](Cc1ccc(C#Cc2ccc(N3CC4CCC(C3)N4C3COC3)nc2)cc1)[C@@H](O)CN(Cc1c(F)cc(C(N)=CC=NCC(C)(C)O)cc1F)NC(=O)[C@@H](NC(=O)OC)C(C)(C)C(F)(F)F)C(C)(C)C(F)(F)F. The number of rotatable bonds is 21. The minimum absolute atomic E-state index is 0.0597. The van der Waals surface area contributed by atoms with Crippen molar-refractivity contribution >= 4 is 41.7 Å². The zero-order valence-electron chi connectivity index (χ0n) is 47.1. The van der Waals surface area contributed by atoms with Gasteiger partial charge in [-0.25, -0.2) is 28.4 Å². The number of nitrogens with one attached hydrogen (secondary N) is 4. The van der Waals surface area contributed by atoms with Gasteiger partial charge < -0.3 is 51.0 Å². The number of hydrazine groups is 1. The van der Waals surface area contributed by atoms with E-state index in [1.165, 1.54) is 38.3 Å². The summed E-state index contributed by atoms with van der Waals surface area (Å²) in [4.78, 5) is 66.6. The highest BCUT2D eigenvalue weighted by molar-refractivity contribution is 5.87. The van der Waals surface area contributed by atoms with Crippen molar-refractivity contribution in [2.45, 2.75) is 128 Å². The number of nitrogens with zero attached hydrogens (tertiary/aromatic N) is 5. The van der Waals surface area contributed by atoms with Crippen molar-refractivity contribution in [3.63, 3.8) is 0 Å². The molecule has 0 spiro atoms. The smallest absolute Gasteiger partial charge is 0.407 e. The van der Waals surface area contributed by atoms with Crippen molar-refractivity contribution < 1.29 is 78.7 Å². The molecule has 3 aliphatic rings. The molecule has 6 atom stereocenters. The lowest BCUT2D eigenvalue weighted by molar-refractivity contribution is -0.221. The Bertz CT molecular complexity index is 2870. The van der Waals surface area contributed by atoms with Crippen LogP contribution in [0.15, 0.2) is 65.8 Å². The summed E-state index contributed by atoms with van der Waals surface area (Å²) < 4.78 is 134. The number of methoxy groups -OCH3 is 2. The summed E-state index contributed by atoms with van der Waals surface area (Å²) in [6.07, 6.45) is -9.63. The van der Waals surface area contributed by atoms with Crippen molar-refractivity contribution in [3.8, 4) is 11.8 Å². The standard InChI is InChI=1S/C56H70F8N10O9/c1-52(2,80)31-66-20-19-42(65)35-22-40(57)39(41(58)23-35)27-73(71-49(77)47(70-51(79)82-8)54(5,6)56(62,63)64)28-44(75)43(68-48(76)46(69-50(78)81-7)53(3,4)55(59,60)61)21-33-12-9-32(10-13-33)11-14-34-15-18-45(67-24-34)72-25-36-16-17-37(26-72)74(36)38-29-83-30-38/h9-10,12-13,15,18-20,22-24,36-38,43-44,46-47,75,80H,16-17,21,25-31,65H2,1-8H3,(H,68,76)(H,69,78)(H,70,79)(H,71,77)/t36?,37?,43-,44-,46+,47+/m0/s1. The highest BCUT2D eigenvalue weighted by atomic mass is 19.4. The van der Waals surface area contributed by atoms with Crippen LogP contribution in [0.5, 0.6) is 0 Å². The first-order valence-corrected chi connectivity index (χ1v) is 26.4. The molecule has 2 bridgehead atoms. The van der Waals surface area contributed by atoms with Crippen LogP contribution in [0.2, 0.25) is 0 Å². The average molecular weight is 1180 g/mol. The number of anilines is 1. The van der Waals surface area contributed by atoms with Crippen molar-refractivity contribution in [1.82, 2.24) is 36.3 Å². The number of halogens is 8. The van der Waals surface area contributed by atoms with E-state index in [0.29, 0.717) is 67.5 Å². The number of aliphatic hydroxyl groups excluding tert-OH is 1. The molecule has 4 heterocycles. The number of fused-ring (bicyclic) bond motifs is 2. The molecule has 4 amide bonds. The first-order valence-electron chi connectivity index (χ1n) is 26.4. The second kappa shape index (κ2) is 26.6. The molecule has 0 radical (unpaired) electrons. The van der Waals surface area contributed by atoms with Crippen LogP contribution in [-0.2, 0) is 36.8 Å². The topological polar surface area (TPSA) is 246 Å². The molecule has 3 aliphatic heterocycles. The first-order chi connectivity index (χ1) is 38.7. The van der Waals surface area contributed by atoms with Crippen LogP contribution < -0.4 is 32.0 Å². The van der Waals surface area contributed by atoms with Crippen LogP contribution in [0.1, 0.15) is 82.2 Å². The van der Waals surface area contributed by atoms with E-state index >= 15 is 8.78 Å². The van der Waals surface area contributed by atoms with E-state index in [9.17, 15) is 55.7 Å². The van der Waals surface area contributed by atoms with E-state index in [2.05, 4.69) is 51.8 Å². The van der Waals surface area contributed by atoms with Crippen LogP contribution in [0.4, 0.5) is 50.5 Å². The molecule has 83 heavy (non-hydrogen) atoms. The molecule has 0 saturated carbocycles. The molecule has 2 unspecified atom stereocenters. The molecule has 2 aromatic carbocycles. The van der Waals surface area contributed by atoms with Gasteiger partial charge in [-0.15, -0.1) is 0 Å². The second-order valence-corrected chi connectivity index (χ2v) is 22.4. The summed E-state index contributed by atoms with van der Waals surface area (Å²) in [7, 11) is 1.64. The fraction of sp³-hybridized carbons (Fsp3) is 0.536. The fourth-order valence-electron chi connectivity index (χ4n) is 9.60. The number of ether oxygens (including phenoxy) is 3. The molecule has 3 saturated heterocycles. The maximum atomic E-state index is 16.1. The van der Waals surface area contributed by atoms with Crippen molar-refractivity contribution in [2.24, 2.45) is 21.6 Å². The number of pyridine rings is 1. The summed E-state index contributed by atoms with van der Waals surface area (Å²) in [6.45, 7) is 6.30. The molecular formula is C56H70F8N10O9. The summed E-state index contributed by atoms with van der Waals surface area (Å²) in [5.41, 5.74) is 0.909. The number of aliphatic imine (C=N–C) groups is 1. The highest BCUT2D eigenvalue weighted by Gasteiger charge is 2.57. The number of benzene rings is 2. The Labute approximate surface area is 475 Å². The molecule has 27 heteroatoms. The van der Waals surface area contributed by atoms with Crippen LogP contribution in [-0.4, -0.2) is 169 Å². The number of aliphatic hydroxyl groups is 2. The van der Waals surface area contributed by atoms with Gasteiger partial charge in [-0.3, -0.25) is 24.9 Å². The zero-order chi connectivity index (χ0) is 61.4. The van der Waals surface area contributed by atoms with E-state index in [1.54, 1.807) is 18.3 Å². The first kappa shape index (κ1) is 65.0. The van der Waals surface area contributed by atoms with Gasteiger partial charge in [-0.2, -0.15) is 26.3 Å². The fourth-order valence-corrected chi connectivity index (χ4v) is 9.60. The Hall–Kier alpha value is -7.12. The number of amides is 4. The number of piperazine rings is 1. The molecular weight excluding hydrogens is 1110 g/mol. The van der Waals surface area contributed by atoms with E-state index in [1.807, 2.05) is 22.8 Å². The zero-order valence-corrected chi connectivity index (χ0v) is 47.1. The quantitative estimate of drug-likeness (QED) is 0.0302. The largest absolute Gasteiger partial charge is 0.453 e. The predicted molar refractivity (Wildman–Crippen MR) is 289 cm³/mol. The molecule has 1 aromatic heterocycles. The Balaban J connectivity index is 1.32. The van der Waals surface area contributed by atoms with Gasteiger partial charge in [-0.1, -0.05) is 24.0 Å². The Morgan fingerprint density at radius 3 is 1.83 bits per heavy atom. The summed E-state index contributed by atoms with van der Waals surface area (Å²) in [5, 5.41) is 28.6. The number of carbonyl (C=O) groups is 4. The van der Waals surface area contributed by atoms with Crippen molar-refractivity contribution in [2.75, 3.05) is 58.5 Å². The highest BCUT2D eigenvalue weighted by Crippen LogP contribution is 2.42. The molecule has 8 N–H and O–H groups in total. The van der Waals surface area contributed by atoms with Gasteiger partial charge in [0.2, 0.25) is 5.91 Å². The number of alkyl halides is 6. The van der Waals surface area contributed by atoms with Gasteiger partial charge in [0.25, 0.3) is 5.91 Å². The van der Waals surface area contributed by atoms with Gasteiger partial charge in [0.05, 0.1) is 68.6 Å². The normalized spacial score (nSPS) is 18.8. The Kier molecular flexibility index (Phi) is 20.9. The Morgan fingerprint density at radius 1 is 0.819 bits per heavy atom. The van der Waals surface area contributed by atoms with Crippen LogP contribution >= 0.6 is 0 Å². The third-order valence-electron chi connectivity index (χ3n) is 14.9. The number of hydrogen-bond donors (Lipinski definition) is 7. The van der Waals surface area contributed by atoms with Crippen LogP contribution in [0, 0.1) is 34.3 Å². The number of allylic oxidation sites excluding steroid dienone is 1. The molecule has 19 nitrogen and oxygen atoms in total. The molecule has 3 fully saturated rings. The molecule has 3 aromatic rings. The van der Waals surface area contributed by atoms with Crippen molar-refractivity contribution in [1.29, 1.82) is 0 Å². The predicted octanol–water partition coefficient (Wildman–Crippen LogP) is 5.50. The Morgan fingerprint density at radius 2 is 1.35 bits per heavy atom. The van der Waals surface area contributed by atoms with E-state index < -0.39 is 114 Å². The maximum absolute atomic E-state index is 16.1. The second-order valence-electron chi connectivity index (χ2n) is 22.4. The summed E-state index contributed by atoms with van der Waals surface area (Å²) in [5.74, 6) is 1.07. The van der Waals surface area contributed by atoms with Crippen LogP contribution in [0.25, 0.3) is 5.70 Å². The third-order valence-corrected chi connectivity index (χ3v) is 14.9. The number of carbonyl (C=O) groups excluding carboxylic acids is 4.